The Hall–Kier alpha value is -0.650. The Morgan fingerprint density at radius 3 is 2.58 bits per heavy atom. The van der Waals surface area contributed by atoms with E-state index in [9.17, 15) is 4.79 Å². The van der Waals surface area contributed by atoms with Crippen LogP contribution in [0.4, 0.5) is 0 Å². The first-order valence-corrected chi connectivity index (χ1v) is 10.1. The lowest BCUT2D eigenvalue weighted by molar-refractivity contribution is -0.132. The van der Waals surface area contributed by atoms with Gasteiger partial charge in [-0.25, -0.2) is 0 Å². The number of rotatable bonds is 6. The maximum atomic E-state index is 12.5. The highest BCUT2D eigenvalue weighted by Gasteiger charge is 2.28. The average Bonchev–Trinajstić information content (AvgIpc) is 3.13. The largest absolute Gasteiger partial charge is 0.377 e. The van der Waals surface area contributed by atoms with E-state index in [-0.39, 0.29) is 0 Å². The van der Waals surface area contributed by atoms with Crippen LogP contribution in [-0.4, -0.2) is 73.7 Å². The lowest BCUT2D eigenvalue weighted by Gasteiger charge is -2.37. The van der Waals surface area contributed by atoms with Gasteiger partial charge in [0, 0.05) is 58.3 Å². The van der Waals surface area contributed by atoms with E-state index < -0.39 is 0 Å². The molecule has 2 saturated heterocycles. The summed E-state index contributed by atoms with van der Waals surface area (Å²) in [6.45, 7) is 8.82. The summed E-state index contributed by atoms with van der Waals surface area (Å²) >= 11 is 0. The predicted molar refractivity (Wildman–Crippen MR) is 96.0 cm³/mol. The van der Waals surface area contributed by atoms with Crippen LogP contribution in [0.1, 0.15) is 51.9 Å². The third-order valence-corrected chi connectivity index (χ3v) is 6.05. The summed E-state index contributed by atoms with van der Waals surface area (Å²) in [5.41, 5.74) is 0. The van der Waals surface area contributed by atoms with E-state index in [2.05, 4.69) is 17.1 Å². The Bertz CT molecular complexity index is 384. The molecule has 1 N–H and O–H groups in total. The van der Waals surface area contributed by atoms with E-state index in [4.69, 9.17) is 4.74 Å². The average molecular weight is 338 g/mol. The van der Waals surface area contributed by atoms with Crippen molar-refractivity contribution in [3.05, 3.63) is 0 Å². The maximum absolute atomic E-state index is 12.5. The van der Waals surface area contributed by atoms with Gasteiger partial charge in [-0.05, 0) is 44.4 Å². The topological polar surface area (TPSA) is 44.8 Å². The van der Waals surface area contributed by atoms with Crippen LogP contribution in [0.2, 0.25) is 0 Å². The summed E-state index contributed by atoms with van der Waals surface area (Å²) in [4.78, 5) is 17.1. The third kappa shape index (κ3) is 5.17. The number of carbonyl (C=O) groups excluding carboxylic acids is 1. The van der Waals surface area contributed by atoms with Gasteiger partial charge in [-0.1, -0.05) is 6.92 Å². The Labute approximate surface area is 147 Å². The van der Waals surface area contributed by atoms with E-state index in [0.29, 0.717) is 24.5 Å². The van der Waals surface area contributed by atoms with Crippen LogP contribution < -0.4 is 5.32 Å². The molecule has 0 aromatic heterocycles. The second kappa shape index (κ2) is 9.16. The van der Waals surface area contributed by atoms with Gasteiger partial charge in [0.1, 0.15) is 0 Å². The van der Waals surface area contributed by atoms with Crippen LogP contribution in [0.3, 0.4) is 0 Å². The van der Waals surface area contributed by atoms with Gasteiger partial charge in [-0.3, -0.25) is 9.69 Å². The van der Waals surface area contributed by atoms with Gasteiger partial charge in [0.25, 0.3) is 0 Å². The molecule has 24 heavy (non-hydrogen) atoms. The van der Waals surface area contributed by atoms with Crippen molar-refractivity contribution in [3.8, 4) is 0 Å². The Kier molecular flexibility index (Phi) is 6.93. The first-order valence-electron chi connectivity index (χ1n) is 10.1. The molecule has 1 unspecified atom stereocenters. The van der Waals surface area contributed by atoms with Crippen molar-refractivity contribution in [1.29, 1.82) is 0 Å². The predicted octanol–water partition coefficient (Wildman–Crippen LogP) is 1.87. The number of hydrogen-bond acceptors (Lipinski definition) is 4. The van der Waals surface area contributed by atoms with Gasteiger partial charge in [0.15, 0.2) is 0 Å². The molecule has 0 spiro atoms. The van der Waals surface area contributed by atoms with Crippen molar-refractivity contribution < 1.29 is 9.53 Å². The smallest absolute Gasteiger partial charge is 0.223 e. The fraction of sp³-hybridized carbons (Fsp3) is 0.947. The molecule has 0 bridgehead atoms. The molecule has 1 saturated carbocycles. The highest BCUT2D eigenvalue weighted by atomic mass is 16.5. The van der Waals surface area contributed by atoms with Crippen molar-refractivity contribution in [2.45, 2.75) is 64.0 Å². The summed E-state index contributed by atoms with van der Waals surface area (Å²) in [6, 6.07) is 0.654. The second-order valence-electron chi connectivity index (χ2n) is 7.92. The zero-order chi connectivity index (χ0) is 16.8. The molecule has 1 amide bonds. The monoisotopic (exact) mass is 337 g/mol. The molecular weight excluding hydrogens is 302 g/mol. The number of nitrogens with one attached hydrogen (secondary N) is 1. The molecule has 2 heterocycles. The van der Waals surface area contributed by atoms with Crippen molar-refractivity contribution in [3.63, 3.8) is 0 Å². The molecule has 0 aromatic carbocycles. The quantitative estimate of drug-likeness (QED) is 0.804. The molecule has 0 radical (unpaired) electrons. The number of amides is 1. The second-order valence-corrected chi connectivity index (χ2v) is 7.92. The first kappa shape index (κ1) is 18.2. The molecular formula is C19H35N3O2. The summed E-state index contributed by atoms with van der Waals surface area (Å²) < 4.78 is 5.87. The van der Waals surface area contributed by atoms with E-state index >= 15 is 0 Å². The number of ether oxygens (including phenoxy) is 1. The Balaban J connectivity index is 1.51. The normalized spacial score (nSPS) is 31.6. The zero-order valence-corrected chi connectivity index (χ0v) is 15.3. The molecule has 1 atom stereocenters. The van der Waals surface area contributed by atoms with E-state index in [1.807, 2.05) is 4.90 Å². The van der Waals surface area contributed by atoms with E-state index in [0.717, 1.165) is 51.8 Å². The van der Waals surface area contributed by atoms with Crippen LogP contribution in [0.25, 0.3) is 0 Å². The number of nitrogens with zero attached hydrogens (tertiary/aromatic N) is 2. The highest BCUT2D eigenvalue weighted by molar-refractivity contribution is 5.76. The van der Waals surface area contributed by atoms with Crippen molar-refractivity contribution in [2.75, 3.05) is 45.9 Å². The number of piperazine rings is 1. The van der Waals surface area contributed by atoms with Gasteiger partial charge >= 0.3 is 0 Å². The lowest BCUT2D eigenvalue weighted by Crippen LogP contribution is -2.48. The minimum absolute atomic E-state index is 0.331. The van der Waals surface area contributed by atoms with Gasteiger partial charge in [-0.2, -0.15) is 0 Å². The van der Waals surface area contributed by atoms with E-state index in [1.165, 1.54) is 38.5 Å². The standard InChI is InChI=1S/C19H35N3O2/c1-16-4-6-17(7-5-16)22(15-18-3-2-14-24-18)11-8-19(23)21-12-9-20-10-13-21/h16-18,20H,2-15H2,1H3. The number of hydrogen-bond donors (Lipinski definition) is 1. The van der Waals surface area contributed by atoms with Crippen LogP contribution in [0, 0.1) is 5.92 Å². The molecule has 138 valence electrons. The molecule has 1 aliphatic carbocycles. The minimum atomic E-state index is 0.331. The number of carbonyl (C=O) groups is 1. The van der Waals surface area contributed by atoms with Crippen LogP contribution in [0.5, 0.6) is 0 Å². The Morgan fingerprint density at radius 1 is 1.17 bits per heavy atom. The van der Waals surface area contributed by atoms with Crippen LogP contribution in [0.15, 0.2) is 0 Å². The van der Waals surface area contributed by atoms with E-state index in [1.54, 1.807) is 0 Å². The molecule has 3 aliphatic rings. The minimum Gasteiger partial charge on any atom is -0.377 e. The maximum Gasteiger partial charge on any atom is 0.223 e. The molecule has 3 fully saturated rings. The summed E-state index contributed by atoms with van der Waals surface area (Å²) in [5, 5.41) is 3.32. The molecule has 0 aromatic rings. The molecule has 3 rings (SSSR count). The van der Waals surface area contributed by atoms with Crippen LogP contribution >= 0.6 is 0 Å². The summed E-state index contributed by atoms with van der Waals surface area (Å²) in [7, 11) is 0. The summed E-state index contributed by atoms with van der Waals surface area (Å²) in [5.74, 6) is 1.20. The third-order valence-electron chi connectivity index (χ3n) is 6.05. The molecule has 2 aliphatic heterocycles. The molecule has 5 nitrogen and oxygen atoms in total. The van der Waals surface area contributed by atoms with Crippen LogP contribution in [-0.2, 0) is 9.53 Å². The van der Waals surface area contributed by atoms with Gasteiger partial charge in [-0.15, -0.1) is 0 Å². The Morgan fingerprint density at radius 2 is 1.92 bits per heavy atom. The highest BCUT2D eigenvalue weighted by Crippen LogP contribution is 2.28. The van der Waals surface area contributed by atoms with Crippen molar-refractivity contribution in [1.82, 2.24) is 15.1 Å². The van der Waals surface area contributed by atoms with Gasteiger partial charge in [0.2, 0.25) is 5.91 Å². The van der Waals surface area contributed by atoms with Gasteiger partial charge < -0.3 is 15.0 Å². The van der Waals surface area contributed by atoms with Gasteiger partial charge in [0.05, 0.1) is 6.10 Å². The molecule has 5 heteroatoms. The first-order chi connectivity index (χ1) is 11.7. The SMILES string of the molecule is CC1CCC(N(CCC(=O)N2CCNCC2)CC2CCCO2)CC1. The van der Waals surface area contributed by atoms with Crippen molar-refractivity contribution in [2.24, 2.45) is 5.92 Å². The fourth-order valence-electron chi connectivity index (χ4n) is 4.39. The lowest BCUT2D eigenvalue weighted by atomic mass is 9.86. The fourth-order valence-corrected chi connectivity index (χ4v) is 4.39. The summed E-state index contributed by atoms with van der Waals surface area (Å²) in [6.07, 6.45) is 8.67. The zero-order valence-electron chi connectivity index (χ0n) is 15.3. The van der Waals surface area contributed by atoms with Crippen molar-refractivity contribution >= 4 is 5.91 Å².